The van der Waals surface area contributed by atoms with Gasteiger partial charge in [-0.1, -0.05) is 36.8 Å². The Bertz CT molecular complexity index is 565. The number of benzene rings is 1. The molecule has 2 unspecified atom stereocenters. The van der Waals surface area contributed by atoms with Crippen molar-refractivity contribution in [1.82, 2.24) is 4.90 Å². The van der Waals surface area contributed by atoms with Crippen molar-refractivity contribution in [1.29, 1.82) is 0 Å². The Labute approximate surface area is 169 Å². The maximum Gasteiger partial charge on any atom is 0.138 e. The predicted octanol–water partition coefficient (Wildman–Crippen LogP) is 3.46. The summed E-state index contributed by atoms with van der Waals surface area (Å²) in [6, 6.07) is 11.8. The molecule has 5 nitrogen and oxygen atoms in total. The quantitative estimate of drug-likeness (QED) is 0.513. The number of hydrogen-bond donors (Lipinski definition) is 0. The van der Waals surface area contributed by atoms with Crippen LogP contribution in [-0.4, -0.2) is 62.9 Å². The monoisotopic (exact) mass is 389 g/mol. The van der Waals surface area contributed by atoms with Gasteiger partial charge in [-0.05, 0) is 31.2 Å². The predicted molar refractivity (Wildman–Crippen MR) is 109 cm³/mol. The van der Waals surface area contributed by atoms with Gasteiger partial charge in [0, 0.05) is 38.1 Å². The number of methoxy groups -OCH3 is 1. The molecular weight excluding hydrogens is 354 g/mol. The topological polar surface area (TPSA) is 48.0 Å². The van der Waals surface area contributed by atoms with Crippen molar-refractivity contribution in [2.24, 2.45) is 5.92 Å². The maximum absolute atomic E-state index is 12.7. The largest absolute Gasteiger partial charge is 0.382 e. The second-order valence-corrected chi connectivity index (χ2v) is 8.00. The van der Waals surface area contributed by atoms with Gasteiger partial charge in [0.25, 0.3) is 0 Å². The molecule has 0 N–H and O–H groups in total. The van der Waals surface area contributed by atoms with Gasteiger partial charge in [0.05, 0.1) is 33.0 Å². The van der Waals surface area contributed by atoms with E-state index in [4.69, 9.17) is 14.2 Å². The Balaban J connectivity index is 1.39. The molecule has 2 aliphatic heterocycles. The highest BCUT2D eigenvalue weighted by atomic mass is 16.5. The Kier molecular flexibility index (Phi) is 8.93. The Hall–Kier alpha value is -1.27. The average Bonchev–Trinajstić information content (AvgIpc) is 2.70. The second kappa shape index (κ2) is 11.7. The summed E-state index contributed by atoms with van der Waals surface area (Å²) >= 11 is 0. The molecule has 2 heterocycles. The lowest BCUT2D eigenvalue weighted by molar-refractivity contribution is -0.128. The minimum Gasteiger partial charge on any atom is -0.382 e. The number of Topliss-reactive ketones (excluding diaryl/α,β-unsaturated/α-hetero) is 1. The lowest BCUT2D eigenvalue weighted by Gasteiger charge is -2.48. The van der Waals surface area contributed by atoms with Gasteiger partial charge in [-0.3, -0.25) is 9.69 Å². The number of fused-ring (bicyclic) bond motifs is 2. The van der Waals surface area contributed by atoms with Crippen molar-refractivity contribution < 1.29 is 19.0 Å². The molecular formula is C23H35NO4. The zero-order chi connectivity index (χ0) is 19.6. The number of rotatable bonds is 12. The van der Waals surface area contributed by atoms with Crippen molar-refractivity contribution in [3.05, 3.63) is 35.9 Å². The molecule has 156 valence electrons. The molecule has 0 amide bonds. The minimum absolute atomic E-state index is 0.212. The number of ether oxygens (including phenoxy) is 3. The molecule has 0 radical (unpaired) electrons. The minimum atomic E-state index is 0.212. The van der Waals surface area contributed by atoms with Crippen LogP contribution in [0.2, 0.25) is 0 Å². The number of carbonyl (C=O) groups excluding carboxylic acids is 1. The third-order valence-electron chi connectivity index (χ3n) is 6.09. The van der Waals surface area contributed by atoms with Crippen molar-refractivity contribution in [2.45, 2.75) is 57.2 Å². The van der Waals surface area contributed by atoms with Crippen LogP contribution in [-0.2, 0) is 25.5 Å². The molecule has 1 aromatic rings. The number of carbonyl (C=O) groups is 1. The van der Waals surface area contributed by atoms with E-state index in [1.807, 2.05) is 0 Å². The number of hydrogen-bond acceptors (Lipinski definition) is 5. The van der Waals surface area contributed by atoms with Gasteiger partial charge < -0.3 is 14.2 Å². The molecule has 2 saturated heterocycles. The summed E-state index contributed by atoms with van der Waals surface area (Å²) in [4.78, 5) is 15.4. The van der Waals surface area contributed by atoms with Crippen molar-refractivity contribution in [3.8, 4) is 0 Å². The van der Waals surface area contributed by atoms with E-state index in [-0.39, 0.29) is 5.92 Å². The van der Waals surface area contributed by atoms with E-state index in [0.29, 0.717) is 57.3 Å². The number of nitrogens with zero attached hydrogens (tertiary/aromatic N) is 1. The van der Waals surface area contributed by atoms with Crippen LogP contribution in [0.1, 0.15) is 44.1 Å². The first-order valence-electron chi connectivity index (χ1n) is 10.7. The summed E-state index contributed by atoms with van der Waals surface area (Å²) < 4.78 is 15.9. The van der Waals surface area contributed by atoms with Gasteiger partial charge in [-0.15, -0.1) is 0 Å². The van der Waals surface area contributed by atoms with Crippen LogP contribution in [0.15, 0.2) is 30.3 Å². The van der Waals surface area contributed by atoms with E-state index in [2.05, 4.69) is 35.2 Å². The van der Waals surface area contributed by atoms with Crippen LogP contribution in [0.3, 0.4) is 0 Å². The molecule has 2 aliphatic rings. The molecule has 1 aromatic carbocycles. The van der Waals surface area contributed by atoms with Gasteiger partial charge in [-0.25, -0.2) is 0 Å². The summed E-state index contributed by atoms with van der Waals surface area (Å²) in [5.41, 5.74) is 1.38. The Morgan fingerprint density at radius 2 is 1.61 bits per heavy atom. The van der Waals surface area contributed by atoms with E-state index in [0.717, 1.165) is 19.4 Å². The number of piperidine rings is 2. The van der Waals surface area contributed by atoms with E-state index < -0.39 is 0 Å². The molecule has 5 heteroatoms. The fourth-order valence-electron chi connectivity index (χ4n) is 4.63. The molecule has 28 heavy (non-hydrogen) atoms. The van der Waals surface area contributed by atoms with Gasteiger partial charge in [0.2, 0.25) is 0 Å². The molecule has 2 bridgehead atoms. The highest BCUT2D eigenvalue weighted by Gasteiger charge is 2.40. The van der Waals surface area contributed by atoms with Crippen molar-refractivity contribution in [2.75, 3.05) is 40.1 Å². The van der Waals surface area contributed by atoms with Crippen LogP contribution in [0, 0.1) is 5.92 Å². The molecule has 0 saturated carbocycles. The van der Waals surface area contributed by atoms with Crippen LogP contribution < -0.4 is 0 Å². The average molecular weight is 390 g/mol. The molecule has 2 fully saturated rings. The van der Waals surface area contributed by atoms with Crippen LogP contribution >= 0.6 is 0 Å². The first-order chi connectivity index (χ1) is 13.8. The van der Waals surface area contributed by atoms with E-state index >= 15 is 0 Å². The highest BCUT2D eigenvalue weighted by Crippen LogP contribution is 2.38. The van der Waals surface area contributed by atoms with Gasteiger partial charge in [-0.2, -0.15) is 0 Å². The van der Waals surface area contributed by atoms with Gasteiger partial charge in [0.1, 0.15) is 5.78 Å². The third kappa shape index (κ3) is 6.38. The van der Waals surface area contributed by atoms with E-state index in [9.17, 15) is 4.79 Å². The molecule has 2 atom stereocenters. The standard InChI is InChI=1S/C23H35NO4/c1-26-12-13-28-15-14-27-11-10-23(25)20-16-21-8-5-9-22(17-20)24(21)18-19-6-3-2-4-7-19/h2-4,6-7,20-22H,5,8-18H2,1H3. The summed E-state index contributed by atoms with van der Waals surface area (Å²) in [6.45, 7) is 3.81. The van der Waals surface area contributed by atoms with Crippen molar-refractivity contribution in [3.63, 3.8) is 0 Å². The van der Waals surface area contributed by atoms with Gasteiger partial charge in [0.15, 0.2) is 0 Å². The molecule has 3 rings (SSSR count). The zero-order valence-electron chi connectivity index (χ0n) is 17.2. The van der Waals surface area contributed by atoms with Crippen LogP contribution in [0.4, 0.5) is 0 Å². The third-order valence-corrected chi connectivity index (χ3v) is 6.09. The molecule has 0 aliphatic carbocycles. The normalized spacial score (nSPS) is 25.0. The zero-order valence-corrected chi connectivity index (χ0v) is 17.2. The smallest absolute Gasteiger partial charge is 0.138 e. The SMILES string of the molecule is COCCOCCOCCC(=O)C1CC2CCCC(C1)N2Cc1ccccc1. The summed E-state index contributed by atoms with van der Waals surface area (Å²) in [6.07, 6.45) is 6.31. The summed E-state index contributed by atoms with van der Waals surface area (Å²) in [7, 11) is 1.66. The molecule has 0 spiro atoms. The fourth-order valence-corrected chi connectivity index (χ4v) is 4.63. The van der Waals surface area contributed by atoms with Crippen molar-refractivity contribution >= 4 is 5.78 Å². The maximum atomic E-state index is 12.7. The lowest BCUT2D eigenvalue weighted by atomic mass is 9.76. The van der Waals surface area contributed by atoms with Crippen LogP contribution in [0.25, 0.3) is 0 Å². The lowest BCUT2D eigenvalue weighted by Crippen LogP contribution is -2.52. The Morgan fingerprint density at radius 3 is 2.29 bits per heavy atom. The first kappa shape index (κ1) is 21.4. The first-order valence-corrected chi connectivity index (χ1v) is 10.7. The number of ketones is 1. The molecule has 0 aromatic heterocycles. The Morgan fingerprint density at radius 1 is 0.964 bits per heavy atom. The second-order valence-electron chi connectivity index (χ2n) is 8.00. The van der Waals surface area contributed by atoms with E-state index in [1.165, 1.54) is 24.8 Å². The fraction of sp³-hybridized carbons (Fsp3) is 0.696. The highest BCUT2D eigenvalue weighted by molar-refractivity contribution is 5.81. The summed E-state index contributed by atoms with van der Waals surface area (Å²) in [5, 5.41) is 0. The van der Waals surface area contributed by atoms with Gasteiger partial charge >= 0.3 is 0 Å². The van der Waals surface area contributed by atoms with E-state index in [1.54, 1.807) is 7.11 Å². The summed E-state index contributed by atoms with van der Waals surface area (Å²) in [5.74, 6) is 0.598. The van der Waals surface area contributed by atoms with Crippen LogP contribution in [0.5, 0.6) is 0 Å².